The van der Waals surface area contributed by atoms with E-state index in [-0.39, 0.29) is 23.1 Å². The molecule has 4 heterocycles. The van der Waals surface area contributed by atoms with Gasteiger partial charge in [-0.2, -0.15) is 18.3 Å². The minimum Gasteiger partial charge on any atom is -0.384 e. The van der Waals surface area contributed by atoms with E-state index in [1.165, 1.54) is 37.3 Å². The summed E-state index contributed by atoms with van der Waals surface area (Å²) in [4.78, 5) is 9.55. The zero-order valence-corrected chi connectivity index (χ0v) is 19.7. The highest BCUT2D eigenvalue weighted by Crippen LogP contribution is 2.44. The highest BCUT2D eigenvalue weighted by atomic mass is 19.4. The molecule has 0 radical (unpaired) electrons. The molecule has 34 heavy (non-hydrogen) atoms. The minimum atomic E-state index is -4.74. The Morgan fingerprint density at radius 1 is 1.18 bits per heavy atom. The van der Waals surface area contributed by atoms with Crippen molar-refractivity contribution in [1.29, 1.82) is 0 Å². The van der Waals surface area contributed by atoms with E-state index in [0.29, 0.717) is 11.2 Å². The van der Waals surface area contributed by atoms with Crippen molar-refractivity contribution in [1.82, 2.24) is 25.1 Å². The first-order valence-corrected chi connectivity index (χ1v) is 11.3. The van der Waals surface area contributed by atoms with E-state index in [2.05, 4.69) is 27.3 Å². The summed E-state index contributed by atoms with van der Waals surface area (Å²) in [6.07, 6.45) is -0.168. The van der Waals surface area contributed by atoms with Crippen molar-refractivity contribution < 1.29 is 17.6 Å². The number of nitrogens with zero attached hydrogens (tertiary/aromatic N) is 5. The van der Waals surface area contributed by atoms with E-state index in [4.69, 9.17) is 5.73 Å². The van der Waals surface area contributed by atoms with E-state index in [0.717, 1.165) is 24.8 Å². The summed E-state index contributed by atoms with van der Waals surface area (Å²) >= 11 is 0. The minimum absolute atomic E-state index is 0.0450. The van der Waals surface area contributed by atoms with Crippen LogP contribution in [0.25, 0.3) is 22.2 Å². The van der Waals surface area contributed by atoms with Crippen molar-refractivity contribution in [2.45, 2.75) is 45.3 Å². The number of nitrogen functional groups attached to an aromatic ring is 1. The number of rotatable bonds is 3. The third-order valence-corrected chi connectivity index (χ3v) is 6.05. The average molecular weight is 480 g/mol. The molecule has 0 aromatic carbocycles. The molecule has 3 aromatic heterocycles. The number of nitrogens with two attached hydrogens (primary N) is 1. The van der Waals surface area contributed by atoms with Gasteiger partial charge in [-0.1, -0.05) is 6.92 Å². The molecule has 5 rings (SSSR count). The van der Waals surface area contributed by atoms with E-state index in [1.54, 1.807) is 19.0 Å². The maximum atomic E-state index is 15.5. The quantitative estimate of drug-likeness (QED) is 0.536. The Kier molecular flexibility index (Phi) is 6.41. The van der Waals surface area contributed by atoms with Crippen molar-refractivity contribution in [3.05, 3.63) is 29.3 Å². The molecule has 1 unspecified atom stereocenters. The summed E-state index contributed by atoms with van der Waals surface area (Å²) in [5, 5.41) is 7.97. The molecule has 1 atom stereocenters. The number of pyridine rings is 2. The van der Waals surface area contributed by atoms with Crippen LogP contribution in [0.2, 0.25) is 0 Å². The van der Waals surface area contributed by atoms with Crippen molar-refractivity contribution in [3.8, 4) is 11.3 Å². The lowest BCUT2D eigenvalue weighted by Gasteiger charge is -2.19. The Hall–Kier alpha value is -2.95. The van der Waals surface area contributed by atoms with E-state index >= 15 is 4.39 Å². The number of alkyl halides is 3. The van der Waals surface area contributed by atoms with Crippen LogP contribution < -0.4 is 16.0 Å². The van der Waals surface area contributed by atoms with Gasteiger partial charge in [0.05, 0.1) is 28.9 Å². The number of aryl methyl sites for hydroxylation is 1. The molecular formula is C23H29F4N7. The van der Waals surface area contributed by atoms with Gasteiger partial charge in [-0.05, 0) is 51.3 Å². The molecule has 0 amide bonds. The maximum absolute atomic E-state index is 15.5. The van der Waals surface area contributed by atoms with Crippen LogP contribution in [0, 0.1) is 18.7 Å². The second-order valence-corrected chi connectivity index (χ2v) is 9.23. The lowest BCUT2D eigenvalue weighted by molar-refractivity contribution is -0.137. The van der Waals surface area contributed by atoms with Crippen LogP contribution in [0.1, 0.15) is 43.5 Å². The Labute approximate surface area is 195 Å². The van der Waals surface area contributed by atoms with Crippen LogP contribution in [-0.2, 0) is 6.18 Å². The molecule has 3 N–H and O–H groups in total. The Morgan fingerprint density at radius 2 is 1.88 bits per heavy atom. The number of aromatic nitrogens is 4. The van der Waals surface area contributed by atoms with Gasteiger partial charge < -0.3 is 16.0 Å². The number of nitrogens with one attached hydrogen (secondary N) is 1. The topological polar surface area (TPSA) is 84.9 Å². The summed E-state index contributed by atoms with van der Waals surface area (Å²) in [5.41, 5.74) is 3.62. The van der Waals surface area contributed by atoms with Gasteiger partial charge in [-0.25, -0.2) is 14.4 Å². The zero-order chi connectivity index (χ0) is 24.8. The molecule has 1 aliphatic carbocycles. The number of anilines is 2. The summed E-state index contributed by atoms with van der Waals surface area (Å²) in [6.45, 7) is 5.95. The van der Waals surface area contributed by atoms with Gasteiger partial charge in [0.2, 0.25) is 0 Å². The molecule has 1 aliphatic heterocycles. The highest BCUT2D eigenvalue weighted by Gasteiger charge is 2.38. The van der Waals surface area contributed by atoms with Crippen molar-refractivity contribution in [2.75, 3.05) is 37.8 Å². The molecule has 184 valence electrons. The fraction of sp³-hybridized carbons (Fsp3) is 0.522. The third kappa shape index (κ3) is 4.66. The molecule has 2 fully saturated rings. The van der Waals surface area contributed by atoms with Crippen LogP contribution in [0.3, 0.4) is 0 Å². The molecule has 11 heteroatoms. The van der Waals surface area contributed by atoms with E-state index in [1.807, 2.05) is 0 Å². The average Bonchev–Trinajstić information content (AvgIpc) is 3.29. The molecule has 1 saturated carbocycles. The maximum Gasteiger partial charge on any atom is 0.418 e. The molecule has 3 aromatic rings. The van der Waals surface area contributed by atoms with E-state index in [9.17, 15) is 13.2 Å². The third-order valence-electron chi connectivity index (χ3n) is 6.05. The second kappa shape index (κ2) is 9.01. The Morgan fingerprint density at radius 3 is 2.38 bits per heavy atom. The molecule has 1 saturated heterocycles. The lowest BCUT2D eigenvalue weighted by Crippen LogP contribution is -2.16. The largest absolute Gasteiger partial charge is 0.418 e. The van der Waals surface area contributed by atoms with Gasteiger partial charge in [0.1, 0.15) is 22.8 Å². The normalized spacial score (nSPS) is 18.2. The first-order valence-electron chi connectivity index (χ1n) is 11.3. The van der Waals surface area contributed by atoms with Crippen molar-refractivity contribution >= 4 is 22.5 Å². The summed E-state index contributed by atoms with van der Waals surface area (Å²) in [5.74, 6) is 0.286. The van der Waals surface area contributed by atoms with Gasteiger partial charge in [-0.3, -0.25) is 4.68 Å². The van der Waals surface area contributed by atoms with Gasteiger partial charge in [0.15, 0.2) is 5.82 Å². The summed E-state index contributed by atoms with van der Waals surface area (Å²) in [6, 6.07) is 1.06. The fourth-order valence-corrected chi connectivity index (χ4v) is 4.23. The first kappa shape index (κ1) is 24.2. The smallest absolute Gasteiger partial charge is 0.384 e. The standard InChI is InChI=1S/C18H18F4N6.C5H11N/c1-8-13(18(20,21)22)10(6-12(23)25-8)15-14(19)16-11(17(26-15)27(2)3)7-24-28(16)9-4-5-9;1-5-2-3-6-4-5/h6-7,9H,4-5H2,1-3H3,(H2,23,25);5-6H,2-4H2,1H3. The number of fused-ring (bicyclic) bond motifs is 1. The zero-order valence-electron chi connectivity index (χ0n) is 19.7. The lowest BCUT2D eigenvalue weighted by atomic mass is 10.0. The molecule has 0 bridgehead atoms. The molecule has 2 aliphatic rings. The van der Waals surface area contributed by atoms with Crippen LogP contribution >= 0.6 is 0 Å². The fourth-order valence-electron chi connectivity index (χ4n) is 4.23. The predicted octanol–water partition coefficient (Wildman–Crippen LogP) is 4.56. The Balaban J connectivity index is 0.000000398. The number of halogens is 4. The predicted molar refractivity (Wildman–Crippen MR) is 124 cm³/mol. The van der Waals surface area contributed by atoms with Gasteiger partial charge >= 0.3 is 6.18 Å². The van der Waals surface area contributed by atoms with E-state index < -0.39 is 28.8 Å². The summed E-state index contributed by atoms with van der Waals surface area (Å²) < 4.78 is 58.3. The number of hydrogen-bond donors (Lipinski definition) is 2. The van der Waals surface area contributed by atoms with Crippen LogP contribution in [0.15, 0.2) is 12.3 Å². The Bertz CT molecular complexity index is 1190. The highest BCUT2D eigenvalue weighted by molar-refractivity contribution is 5.93. The van der Waals surface area contributed by atoms with Crippen molar-refractivity contribution in [2.24, 2.45) is 5.92 Å². The molecular weight excluding hydrogens is 450 g/mol. The molecule has 0 spiro atoms. The first-order chi connectivity index (χ1) is 16.0. The number of hydrogen-bond acceptors (Lipinski definition) is 6. The van der Waals surface area contributed by atoms with Gasteiger partial charge in [0, 0.05) is 19.7 Å². The SMILES string of the molecule is CC1CCNC1.Cc1nc(N)cc(-c2nc(N(C)C)c3cnn(C4CC4)c3c2F)c1C(F)(F)F. The second-order valence-electron chi connectivity index (χ2n) is 9.23. The van der Waals surface area contributed by atoms with Crippen LogP contribution in [-0.4, -0.2) is 46.9 Å². The summed E-state index contributed by atoms with van der Waals surface area (Å²) in [7, 11) is 3.38. The molecule has 7 nitrogen and oxygen atoms in total. The van der Waals surface area contributed by atoms with Gasteiger partial charge in [0.25, 0.3) is 0 Å². The van der Waals surface area contributed by atoms with Gasteiger partial charge in [-0.15, -0.1) is 0 Å². The van der Waals surface area contributed by atoms with Crippen LogP contribution in [0.5, 0.6) is 0 Å². The van der Waals surface area contributed by atoms with Crippen molar-refractivity contribution in [3.63, 3.8) is 0 Å². The van der Waals surface area contributed by atoms with Crippen LogP contribution in [0.4, 0.5) is 29.2 Å². The monoisotopic (exact) mass is 479 g/mol.